The normalized spacial score (nSPS) is 10.7. The molecule has 0 aliphatic heterocycles. The van der Waals surface area contributed by atoms with Gasteiger partial charge in [0, 0.05) is 5.56 Å². The third-order valence-corrected chi connectivity index (χ3v) is 2.39. The van der Waals surface area contributed by atoms with Crippen LogP contribution in [0.15, 0.2) is 35.6 Å². The molecule has 0 unspecified atom stereocenters. The number of nitrogens with zero attached hydrogens (tertiary/aromatic N) is 2. The van der Waals surface area contributed by atoms with E-state index in [4.69, 9.17) is 0 Å². The Hall–Kier alpha value is -2.65. The summed E-state index contributed by atoms with van der Waals surface area (Å²) < 4.78 is 39.5. The SMILES string of the molecule is O=NN(CCOC(=O)C(F)(F)F)CNC(=O)c1ccccc1. The average molecular weight is 319 g/mol. The molecule has 22 heavy (non-hydrogen) atoms. The predicted octanol–water partition coefficient (Wildman–Crippen LogP) is 1.46. The summed E-state index contributed by atoms with van der Waals surface area (Å²) in [5.74, 6) is -2.84. The molecule has 120 valence electrons. The maximum atomic E-state index is 11.9. The van der Waals surface area contributed by atoms with Crippen LogP contribution in [0.3, 0.4) is 0 Å². The summed E-state index contributed by atoms with van der Waals surface area (Å²) in [6, 6.07) is 8.08. The van der Waals surface area contributed by atoms with Gasteiger partial charge in [0.2, 0.25) is 0 Å². The maximum absolute atomic E-state index is 11.9. The molecule has 0 saturated carbocycles. The van der Waals surface area contributed by atoms with Gasteiger partial charge in [0.15, 0.2) is 0 Å². The van der Waals surface area contributed by atoms with Crippen molar-refractivity contribution in [2.75, 3.05) is 19.8 Å². The summed E-state index contributed by atoms with van der Waals surface area (Å²) in [6.07, 6.45) is -5.10. The molecule has 1 N–H and O–H groups in total. The number of hydrogen-bond acceptors (Lipinski definition) is 5. The summed E-state index contributed by atoms with van der Waals surface area (Å²) in [6.45, 7) is -1.41. The largest absolute Gasteiger partial charge is 0.490 e. The summed E-state index contributed by atoms with van der Waals surface area (Å²) in [5.41, 5.74) is 0.344. The first-order valence-electron chi connectivity index (χ1n) is 6.00. The van der Waals surface area contributed by atoms with Crippen LogP contribution in [0, 0.1) is 4.91 Å². The number of carbonyl (C=O) groups excluding carboxylic acids is 2. The molecule has 0 bridgehead atoms. The van der Waals surface area contributed by atoms with Gasteiger partial charge in [-0.1, -0.05) is 18.2 Å². The van der Waals surface area contributed by atoms with E-state index in [2.05, 4.69) is 15.3 Å². The van der Waals surface area contributed by atoms with Crippen molar-refractivity contribution in [3.05, 3.63) is 40.8 Å². The first-order chi connectivity index (χ1) is 10.3. The average Bonchev–Trinajstić information content (AvgIpc) is 2.50. The second-order valence-electron chi connectivity index (χ2n) is 3.98. The van der Waals surface area contributed by atoms with Crippen molar-refractivity contribution in [2.24, 2.45) is 5.29 Å². The first-order valence-corrected chi connectivity index (χ1v) is 6.00. The van der Waals surface area contributed by atoms with Crippen LogP contribution in [0.1, 0.15) is 10.4 Å². The smallest absolute Gasteiger partial charge is 0.457 e. The highest BCUT2D eigenvalue weighted by atomic mass is 19.4. The van der Waals surface area contributed by atoms with Gasteiger partial charge in [0.1, 0.15) is 13.3 Å². The lowest BCUT2D eigenvalue weighted by Crippen LogP contribution is -2.37. The van der Waals surface area contributed by atoms with E-state index in [1.54, 1.807) is 30.3 Å². The van der Waals surface area contributed by atoms with Crippen molar-refractivity contribution < 1.29 is 27.5 Å². The minimum Gasteiger partial charge on any atom is -0.457 e. The van der Waals surface area contributed by atoms with Crippen LogP contribution in [0.4, 0.5) is 13.2 Å². The fourth-order valence-electron chi connectivity index (χ4n) is 1.33. The lowest BCUT2D eigenvalue weighted by molar-refractivity contribution is -0.200. The van der Waals surface area contributed by atoms with Gasteiger partial charge in [-0.05, 0) is 12.1 Å². The lowest BCUT2D eigenvalue weighted by atomic mass is 10.2. The van der Waals surface area contributed by atoms with Gasteiger partial charge >= 0.3 is 12.1 Å². The number of alkyl halides is 3. The molecule has 1 amide bonds. The lowest BCUT2D eigenvalue weighted by Gasteiger charge is -2.16. The number of hydrogen-bond donors (Lipinski definition) is 1. The Balaban J connectivity index is 2.35. The molecule has 0 radical (unpaired) electrons. The second kappa shape index (κ2) is 7.96. The number of nitrogens with one attached hydrogen (secondary N) is 1. The van der Waals surface area contributed by atoms with E-state index < -0.39 is 24.7 Å². The summed E-state index contributed by atoms with van der Waals surface area (Å²) >= 11 is 0. The van der Waals surface area contributed by atoms with Crippen molar-refractivity contribution in [1.29, 1.82) is 0 Å². The number of nitroso groups, excluding NO2 is 1. The van der Waals surface area contributed by atoms with Gasteiger partial charge in [-0.2, -0.15) is 13.2 Å². The minimum atomic E-state index is -5.10. The summed E-state index contributed by atoms with van der Waals surface area (Å²) in [7, 11) is 0. The molecule has 0 spiro atoms. The topological polar surface area (TPSA) is 88.1 Å². The summed E-state index contributed by atoms with van der Waals surface area (Å²) in [5, 5.41) is 5.57. The van der Waals surface area contributed by atoms with Crippen LogP contribution >= 0.6 is 0 Å². The van der Waals surface area contributed by atoms with E-state index in [-0.39, 0.29) is 13.2 Å². The molecule has 0 aromatic heterocycles. The van der Waals surface area contributed by atoms with Crippen molar-refractivity contribution >= 4 is 11.9 Å². The zero-order chi connectivity index (χ0) is 16.6. The number of halogens is 3. The molecule has 10 heteroatoms. The molecule has 1 aromatic rings. The fraction of sp³-hybridized carbons (Fsp3) is 0.333. The van der Waals surface area contributed by atoms with E-state index in [9.17, 15) is 27.7 Å². The third-order valence-electron chi connectivity index (χ3n) is 2.39. The van der Waals surface area contributed by atoms with E-state index in [1.165, 1.54) is 0 Å². The molecule has 0 aliphatic carbocycles. The van der Waals surface area contributed by atoms with Crippen molar-refractivity contribution in [3.8, 4) is 0 Å². The highest BCUT2D eigenvalue weighted by Gasteiger charge is 2.40. The van der Waals surface area contributed by atoms with Crippen LogP contribution in [0.2, 0.25) is 0 Å². The molecule has 1 rings (SSSR count). The van der Waals surface area contributed by atoms with Crippen LogP contribution in [-0.4, -0.2) is 42.9 Å². The fourth-order valence-corrected chi connectivity index (χ4v) is 1.33. The Bertz CT molecular complexity index is 522. The van der Waals surface area contributed by atoms with Gasteiger partial charge in [0.25, 0.3) is 5.91 Å². The number of carbonyl (C=O) groups is 2. The van der Waals surface area contributed by atoms with Crippen LogP contribution in [0.25, 0.3) is 0 Å². The van der Waals surface area contributed by atoms with Gasteiger partial charge in [0.05, 0.1) is 11.8 Å². The highest BCUT2D eigenvalue weighted by molar-refractivity contribution is 5.94. The molecule has 0 heterocycles. The Kier molecular flexibility index (Phi) is 6.29. The second-order valence-corrected chi connectivity index (χ2v) is 3.98. The monoisotopic (exact) mass is 319 g/mol. The van der Waals surface area contributed by atoms with E-state index in [0.29, 0.717) is 10.6 Å². The predicted molar refractivity (Wildman–Crippen MR) is 68.3 cm³/mol. The van der Waals surface area contributed by atoms with E-state index >= 15 is 0 Å². The number of esters is 1. The van der Waals surface area contributed by atoms with Crippen LogP contribution in [-0.2, 0) is 9.53 Å². The zero-order valence-electron chi connectivity index (χ0n) is 11.2. The number of rotatable bonds is 7. The Morgan fingerprint density at radius 1 is 1.23 bits per heavy atom. The first kappa shape index (κ1) is 17.4. The van der Waals surface area contributed by atoms with Crippen LogP contribution in [0.5, 0.6) is 0 Å². The minimum absolute atomic E-state index is 0.333. The van der Waals surface area contributed by atoms with Gasteiger partial charge in [-0.25, -0.2) is 9.80 Å². The van der Waals surface area contributed by atoms with E-state index in [1.807, 2.05) is 0 Å². The standard InChI is InChI=1S/C12H12F3N3O4/c13-12(14,15)11(20)22-7-6-18(17-21)8-16-10(19)9-4-2-1-3-5-9/h1-5H,6-8H2,(H,16,19). The Labute approximate surface area is 123 Å². The number of benzene rings is 1. The van der Waals surface area contributed by atoms with Crippen molar-refractivity contribution in [3.63, 3.8) is 0 Å². The van der Waals surface area contributed by atoms with Gasteiger partial charge in [-0.3, -0.25) is 4.79 Å². The Morgan fingerprint density at radius 3 is 2.41 bits per heavy atom. The maximum Gasteiger partial charge on any atom is 0.490 e. The Morgan fingerprint density at radius 2 is 1.86 bits per heavy atom. The third kappa shape index (κ3) is 5.77. The molecule has 0 saturated heterocycles. The van der Waals surface area contributed by atoms with Crippen molar-refractivity contribution in [2.45, 2.75) is 6.18 Å². The number of ether oxygens (including phenoxy) is 1. The molecule has 0 atom stereocenters. The van der Waals surface area contributed by atoms with E-state index in [0.717, 1.165) is 0 Å². The van der Waals surface area contributed by atoms with Crippen LogP contribution < -0.4 is 5.32 Å². The van der Waals surface area contributed by atoms with Gasteiger partial charge < -0.3 is 10.1 Å². The molecule has 0 aliphatic rings. The van der Waals surface area contributed by atoms with Gasteiger partial charge in [-0.15, -0.1) is 4.91 Å². The molecular weight excluding hydrogens is 307 g/mol. The molecule has 7 nitrogen and oxygen atoms in total. The zero-order valence-corrected chi connectivity index (χ0v) is 11.2. The number of amides is 1. The molecular formula is C12H12F3N3O4. The summed E-state index contributed by atoms with van der Waals surface area (Å²) in [4.78, 5) is 32.6. The molecule has 1 aromatic carbocycles. The molecule has 0 fully saturated rings. The quantitative estimate of drug-likeness (QED) is 0.356. The highest BCUT2D eigenvalue weighted by Crippen LogP contribution is 2.16. The van der Waals surface area contributed by atoms with Crippen molar-refractivity contribution in [1.82, 2.24) is 10.3 Å².